The first-order valence-electron chi connectivity index (χ1n) is 23.7. The molecule has 1 heterocycles. The second-order valence-electron chi connectivity index (χ2n) is 20.3. The largest absolute Gasteiger partial charge is 4.00 e. The van der Waals surface area contributed by atoms with Gasteiger partial charge >= 0.3 is 26.2 Å². The van der Waals surface area contributed by atoms with Crippen molar-refractivity contribution in [2.45, 2.75) is 77.0 Å². The van der Waals surface area contributed by atoms with Gasteiger partial charge in [-0.05, 0) is 78.9 Å². The van der Waals surface area contributed by atoms with Gasteiger partial charge in [-0.15, -0.1) is 0 Å². The zero-order valence-corrected chi connectivity index (χ0v) is 45.4. The molecular formula is C67H65NO2Zr. The Balaban J connectivity index is 0.00000275. The van der Waals surface area contributed by atoms with E-state index in [9.17, 15) is 0 Å². The molecule has 0 saturated carbocycles. The third-order valence-electron chi connectivity index (χ3n) is 14.7. The molecule has 0 atom stereocenters. The molecule has 354 valence electrons. The third-order valence-corrected chi connectivity index (χ3v) is 14.7. The van der Waals surface area contributed by atoms with Crippen molar-refractivity contribution >= 4 is 0 Å². The number of benzene rings is 8. The SMILES string of the molecule is CC(C)(c1ccccc1)c1cc(-c2ccccc2-c2cccc(-c3ccccc3-c3cc(C(C)(C)c4ccccc4)cc(C(C)(C)c4ccccc4)c3[O-])n2)c([O-])c(C(C)(C)c2ccccc2)c1.[CH3-].[CH3-].[Zr+4]. The monoisotopic (exact) mass is 1010 g/mol. The van der Waals surface area contributed by atoms with Gasteiger partial charge in [-0.3, -0.25) is 0 Å². The van der Waals surface area contributed by atoms with Crippen LogP contribution in [-0.2, 0) is 47.9 Å². The predicted molar refractivity (Wildman–Crippen MR) is 292 cm³/mol. The summed E-state index contributed by atoms with van der Waals surface area (Å²) in [6.45, 7) is 17.5. The molecule has 0 radical (unpaired) electrons. The molecular weight excluding hydrogens is 942 g/mol. The molecule has 0 amide bonds. The molecule has 0 fully saturated rings. The molecule has 3 nitrogen and oxygen atoms in total. The van der Waals surface area contributed by atoms with Crippen LogP contribution in [0.25, 0.3) is 44.8 Å². The molecule has 71 heavy (non-hydrogen) atoms. The van der Waals surface area contributed by atoms with Gasteiger partial charge in [-0.1, -0.05) is 267 Å². The first-order chi connectivity index (χ1) is 32.6. The summed E-state index contributed by atoms with van der Waals surface area (Å²) in [6, 6.07) is 72.4. The Morgan fingerprint density at radius 1 is 0.282 bits per heavy atom. The van der Waals surface area contributed by atoms with Crippen LogP contribution in [0.1, 0.15) is 99.9 Å². The van der Waals surface area contributed by atoms with Gasteiger partial charge in [0.1, 0.15) is 0 Å². The van der Waals surface area contributed by atoms with Gasteiger partial charge in [0, 0.05) is 32.8 Å². The zero-order chi connectivity index (χ0) is 47.8. The molecule has 0 aliphatic carbocycles. The number of aromatic nitrogens is 1. The van der Waals surface area contributed by atoms with E-state index in [4.69, 9.17) is 4.98 Å². The minimum absolute atomic E-state index is 0. The Morgan fingerprint density at radius 3 is 0.859 bits per heavy atom. The molecule has 0 spiro atoms. The Labute approximate surface area is 443 Å². The van der Waals surface area contributed by atoms with Crippen LogP contribution in [0.2, 0.25) is 0 Å². The molecule has 0 aliphatic rings. The first-order valence-corrected chi connectivity index (χ1v) is 23.7. The molecule has 0 bridgehead atoms. The van der Waals surface area contributed by atoms with Gasteiger partial charge in [-0.2, -0.15) is 0 Å². The molecule has 4 heteroatoms. The Bertz CT molecular complexity index is 3010. The number of hydrogen-bond acceptors (Lipinski definition) is 3. The van der Waals surface area contributed by atoms with Gasteiger partial charge in [0.15, 0.2) is 0 Å². The summed E-state index contributed by atoms with van der Waals surface area (Å²) in [5.74, 6) is -0.00754. The van der Waals surface area contributed by atoms with E-state index in [0.29, 0.717) is 11.1 Å². The van der Waals surface area contributed by atoms with Crippen molar-refractivity contribution in [2.75, 3.05) is 0 Å². The first kappa shape index (κ1) is 53.7. The van der Waals surface area contributed by atoms with Gasteiger partial charge < -0.3 is 25.1 Å². The quantitative estimate of drug-likeness (QED) is 0.115. The fourth-order valence-electron chi connectivity index (χ4n) is 9.99. The van der Waals surface area contributed by atoms with E-state index >= 15 is 10.2 Å². The summed E-state index contributed by atoms with van der Waals surface area (Å²) < 4.78 is 0. The molecule has 1 aromatic heterocycles. The average Bonchev–Trinajstić information content (AvgIpc) is 3.37. The van der Waals surface area contributed by atoms with Crippen LogP contribution in [0.15, 0.2) is 212 Å². The van der Waals surface area contributed by atoms with Crippen LogP contribution < -0.4 is 10.2 Å². The van der Waals surface area contributed by atoms with Crippen molar-refractivity contribution in [2.24, 2.45) is 0 Å². The van der Waals surface area contributed by atoms with Crippen LogP contribution in [0, 0.1) is 14.9 Å². The van der Waals surface area contributed by atoms with Crippen LogP contribution in [0.5, 0.6) is 11.5 Å². The summed E-state index contributed by atoms with van der Waals surface area (Å²) in [5, 5.41) is 30.5. The van der Waals surface area contributed by atoms with Crippen molar-refractivity contribution in [3.05, 3.63) is 272 Å². The van der Waals surface area contributed by atoms with Crippen LogP contribution in [0.4, 0.5) is 0 Å². The minimum Gasteiger partial charge on any atom is -0.872 e. The minimum atomic E-state index is -0.586. The van der Waals surface area contributed by atoms with Crippen molar-refractivity contribution in [1.82, 2.24) is 4.98 Å². The second kappa shape index (κ2) is 21.4. The zero-order valence-electron chi connectivity index (χ0n) is 43.0. The van der Waals surface area contributed by atoms with Gasteiger partial charge in [0.25, 0.3) is 0 Å². The molecule has 9 aromatic rings. The maximum Gasteiger partial charge on any atom is 4.00 e. The van der Waals surface area contributed by atoms with E-state index in [-0.39, 0.29) is 52.6 Å². The topological polar surface area (TPSA) is 59.0 Å². The standard InChI is InChI=1S/C65H61NO2.2CH3.Zr/c1-62(2,44-26-13-9-14-27-44)48-40-54(60(67)56(42-48)64(5,6)46-30-17-11-18-31-46)50-34-21-23-36-52(50)58-38-25-39-59(66-58)53-37-24-22-35-51(53)55-41-49(63(3,4)45-28-15-10-16-29-45)43-57(61(55)68)65(7,8)47-32-19-12-20-33-47;;;/h9-43,67-68H,1-8H3;2*1H3;/q;2*-1;+4/p-2. The second-order valence-corrected chi connectivity index (χ2v) is 20.3. The molecule has 0 saturated heterocycles. The van der Waals surface area contributed by atoms with Crippen molar-refractivity contribution in [3.63, 3.8) is 0 Å². The maximum absolute atomic E-state index is 15.2. The normalized spacial score (nSPS) is 11.7. The number of hydrogen-bond donors (Lipinski definition) is 0. The molecule has 9 rings (SSSR count). The number of nitrogens with zero attached hydrogens (tertiary/aromatic N) is 1. The van der Waals surface area contributed by atoms with E-state index in [0.717, 1.165) is 67.0 Å². The van der Waals surface area contributed by atoms with Gasteiger partial charge in [0.2, 0.25) is 0 Å². The Morgan fingerprint density at radius 2 is 0.549 bits per heavy atom. The van der Waals surface area contributed by atoms with Crippen molar-refractivity contribution < 1.29 is 36.4 Å². The Hall–Kier alpha value is -6.61. The smallest absolute Gasteiger partial charge is 0.872 e. The van der Waals surface area contributed by atoms with E-state index in [2.05, 4.69) is 165 Å². The van der Waals surface area contributed by atoms with Crippen molar-refractivity contribution in [1.29, 1.82) is 0 Å². The third kappa shape index (κ3) is 10.2. The predicted octanol–water partition coefficient (Wildman–Crippen LogP) is 16.1. The average molecular weight is 1010 g/mol. The number of rotatable bonds is 12. The molecule has 8 aromatic carbocycles. The van der Waals surface area contributed by atoms with Crippen LogP contribution in [0.3, 0.4) is 0 Å². The molecule has 0 aliphatic heterocycles. The maximum atomic E-state index is 15.2. The summed E-state index contributed by atoms with van der Waals surface area (Å²) in [7, 11) is 0. The summed E-state index contributed by atoms with van der Waals surface area (Å²) in [4.78, 5) is 5.42. The van der Waals surface area contributed by atoms with E-state index in [1.54, 1.807) is 0 Å². The number of pyridine rings is 1. The van der Waals surface area contributed by atoms with Crippen LogP contribution >= 0.6 is 0 Å². The fraction of sp³-hybridized carbons (Fsp3) is 0.179. The Kier molecular flexibility index (Phi) is 16.2. The summed E-state index contributed by atoms with van der Waals surface area (Å²) >= 11 is 0. The van der Waals surface area contributed by atoms with E-state index in [1.807, 2.05) is 103 Å². The molecule has 0 unspecified atom stereocenters. The molecule has 0 N–H and O–H groups in total. The summed E-state index contributed by atoms with van der Waals surface area (Å²) in [6.07, 6.45) is 0. The van der Waals surface area contributed by atoms with Crippen molar-refractivity contribution in [3.8, 4) is 56.3 Å². The fourth-order valence-corrected chi connectivity index (χ4v) is 9.99. The van der Waals surface area contributed by atoms with Crippen LogP contribution in [-0.4, -0.2) is 4.98 Å². The van der Waals surface area contributed by atoms with Gasteiger partial charge in [0.05, 0.1) is 11.4 Å². The van der Waals surface area contributed by atoms with E-state index in [1.165, 1.54) is 11.1 Å². The van der Waals surface area contributed by atoms with E-state index < -0.39 is 21.7 Å². The summed E-state index contributed by atoms with van der Waals surface area (Å²) in [5.41, 5.74) is 12.2. The van der Waals surface area contributed by atoms with Gasteiger partial charge in [-0.25, -0.2) is 4.98 Å².